The van der Waals surface area contributed by atoms with Crippen LogP contribution < -0.4 is 0 Å². The van der Waals surface area contributed by atoms with E-state index in [-0.39, 0.29) is 0 Å². The second kappa shape index (κ2) is 5.78. The van der Waals surface area contributed by atoms with Gasteiger partial charge in [-0.05, 0) is 37.0 Å². The molecule has 0 saturated heterocycles. The lowest BCUT2D eigenvalue weighted by atomic mass is 9.74. The Labute approximate surface area is 90.5 Å². The molecule has 1 fully saturated rings. The standard InChI is InChI=1S/C14H28/c1-4-6-9-14(10-7-8-11-14)12-13(3)5-2/h13H,4-12H2,1-3H3. The molecule has 0 radical (unpaired) electrons. The van der Waals surface area contributed by atoms with Crippen LogP contribution in [0.25, 0.3) is 0 Å². The van der Waals surface area contributed by atoms with Crippen molar-refractivity contribution in [2.24, 2.45) is 11.3 Å². The Bertz CT molecular complexity index is 142. The van der Waals surface area contributed by atoms with Crippen molar-refractivity contribution >= 4 is 0 Å². The fraction of sp³-hybridized carbons (Fsp3) is 1.00. The monoisotopic (exact) mass is 196 g/mol. The molecule has 1 unspecified atom stereocenters. The summed E-state index contributed by atoms with van der Waals surface area (Å²) in [4.78, 5) is 0. The summed E-state index contributed by atoms with van der Waals surface area (Å²) >= 11 is 0. The van der Waals surface area contributed by atoms with Crippen LogP contribution in [0.15, 0.2) is 0 Å². The molecule has 0 aromatic heterocycles. The summed E-state index contributed by atoms with van der Waals surface area (Å²) in [5, 5.41) is 0. The van der Waals surface area contributed by atoms with Crippen molar-refractivity contribution in [1.29, 1.82) is 0 Å². The Hall–Kier alpha value is 0. The van der Waals surface area contributed by atoms with Gasteiger partial charge in [0, 0.05) is 0 Å². The van der Waals surface area contributed by atoms with Crippen LogP contribution in [0.3, 0.4) is 0 Å². The van der Waals surface area contributed by atoms with E-state index in [9.17, 15) is 0 Å². The van der Waals surface area contributed by atoms with Gasteiger partial charge in [-0.1, -0.05) is 52.9 Å². The summed E-state index contributed by atoms with van der Waals surface area (Å²) in [5.41, 5.74) is 0.769. The predicted octanol–water partition coefficient (Wildman–Crippen LogP) is 5.17. The van der Waals surface area contributed by atoms with Gasteiger partial charge in [0.2, 0.25) is 0 Å². The fourth-order valence-electron chi connectivity index (χ4n) is 3.12. The zero-order chi connectivity index (χ0) is 10.4. The van der Waals surface area contributed by atoms with Gasteiger partial charge in [0.05, 0.1) is 0 Å². The number of hydrogen-bond donors (Lipinski definition) is 0. The van der Waals surface area contributed by atoms with Crippen LogP contribution >= 0.6 is 0 Å². The first-order chi connectivity index (χ1) is 6.72. The Kier molecular flexibility index (Phi) is 4.98. The van der Waals surface area contributed by atoms with Gasteiger partial charge in [-0.25, -0.2) is 0 Å². The lowest BCUT2D eigenvalue weighted by Crippen LogP contribution is -2.19. The minimum Gasteiger partial charge on any atom is -0.0654 e. The van der Waals surface area contributed by atoms with Gasteiger partial charge in [0.25, 0.3) is 0 Å². The Balaban J connectivity index is 2.43. The molecule has 0 N–H and O–H groups in total. The third-order valence-electron chi connectivity index (χ3n) is 4.20. The molecule has 1 aliphatic rings. The highest BCUT2D eigenvalue weighted by Gasteiger charge is 2.33. The first-order valence-corrected chi connectivity index (χ1v) is 6.72. The molecule has 0 heteroatoms. The molecule has 0 spiro atoms. The van der Waals surface area contributed by atoms with E-state index in [1.54, 1.807) is 0 Å². The van der Waals surface area contributed by atoms with Gasteiger partial charge in [0.1, 0.15) is 0 Å². The van der Waals surface area contributed by atoms with Crippen LogP contribution in [0.1, 0.15) is 78.6 Å². The predicted molar refractivity (Wildman–Crippen MR) is 64.5 cm³/mol. The normalized spacial score (nSPS) is 22.5. The first-order valence-electron chi connectivity index (χ1n) is 6.72. The van der Waals surface area contributed by atoms with Crippen molar-refractivity contribution in [3.8, 4) is 0 Å². The minimum absolute atomic E-state index is 0.769. The average molecular weight is 196 g/mol. The number of rotatable bonds is 6. The topological polar surface area (TPSA) is 0 Å². The second-order valence-corrected chi connectivity index (χ2v) is 5.53. The third kappa shape index (κ3) is 3.29. The molecule has 0 aromatic rings. The fourth-order valence-corrected chi connectivity index (χ4v) is 3.12. The maximum absolute atomic E-state index is 2.44. The summed E-state index contributed by atoms with van der Waals surface area (Å²) in [6.45, 7) is 7.10. The molecule has 0 bridgehead atoms. The van der Waals surface area contributed by atoms with Crippen LogP contribution in [-0.4, -0.2) is 0 Å². The molecule has 1 atom stereocenters. The smallest absolute Gasteiger partial charge is 0.0295 e. The SMILES string of the molecule is CCCCC1(CC(C)CC)CCCC1. The van der Waals surface area contributed by atoms with E-state index in [0.29, 0.717) is 0 Å². The van der Waals surface area contributed by atoms with Gasteiger partial charge in [-0.15, -0.1) is 0 Å². The summed E-state index contributed by atoms with van der Waals surface area (Å²) in [6.07, 6.45) is 13.3. The van der Waals surface area contributed by atoms with Crippen molar-refractivity contribution in [3.63, 3.8) is 0 Å². The van der Waals surface area contributed by atoms with E-state index < -0.39 is 0 Å². The molecule has 14 heavy (non-hydrogen) atoms. The number of hydrogen-bond acceptors (Lipinski definition) is 0. The second-order valence-electron chi connectivity index (χ2n) is 5.53. The molecule has 0 aliphatic heterocycles. The Morgan fingerprint density at radius 3 is 2.29 bits per heavy atom. The molecule has 0 amide bonds. The molecule has 0 heterocycles. The van der Waals surface area contributed by atoms with Gasteiger partial charge >= 0.3 is 0 Å². The lowest BCUT2D eigenvalue weighted by molar-refractivity contribution is 0.200. The minimum atomic E-state index is 0.769. The van der Waals surface area contributed by atoms with Crippen LogP contribution in [0.2, 0.25) is 0 Å². The van der Waals surface area contributed by atoms with E-state index in [1.807, 2.05) is 0 Å². The average Bonchev–Trinajstić information content (AvgIpc) is 2.64. The van der Waals surface area contributed by atoms with Gasteiger partial charge in [0.15, 0.2) is 0 Å². The molecular formula is C14H28. The van der Waals surface area contributed by atoms with Gasteiger partial charge < -0.3 is 0 Å². The molecule has 1 rings (SSSR count). The highest BCUT2D eigenvalue weighted by Crippen LogP contribution is 2.47. The van der Waals surface area contributed by atoms with Crippen molar-refractivity contribution < 1.29 is 0 Å². The molecule has 1 saturated carbocycles. The lowest BCUT2D eigenvalue weighted by Gasteiger charge is -2.31. The van der Waals surface area contributed by atoms with Gasteiger partial charge in [-0.3, -0.25) is 0 Å². The quantitative estimate of drug-likeness (QED) is 0.549. The van der Waals surface area contributed by atoms with Crippen molar-refractivity contribution in [3.05, 3.63) is 0 Å². The van der Waals surface area contributed by atoms with Crippen LogP contribution in [0, 0.1) is 11.3 Å². The van der Waals surface area contributed by atoms with Crippen LogP contribution in [0.4, 0.5) is 0 Å². The Morgan fingerprint density at radius 2 is 1.79 bits per heavy atom. The molecule has 84 valence electrons. The van der Waals surface area contributed by atoms with Crippen LogP contribution in [-0.2, 0) is 0 Å². The van der Waals surface area contributed by atoms with Gasteiger partial charge in [-0.2, -0.15) is 0 Å². The van der Waals surface area contributed by atoms with E-state index in [1.165, 1.54) is 57.8 Å². The van der Waals surface area contributed by atoms with E-state index in [4.69, 9.17) is 0 Å². The highest BCUT2D eigenvalue weighted by atomic mass is 14.4. The maximum atomic E-state index is 2.44. The van der Waals surface area contributed by atoms with Crippen LogP contribution in [0.5, 0.6) is 0 Å². The van der Waals surface area contributed by atoms with Crippen molar-refractivity contribution in [2.75, 3.05) is 0 Å². The maximum Gasteiger partial charge on any atom is -0.0295 e. The zero-order valence-corrected chi connectivity index (χ0v) is 10.4. The van der Waals surface area contributed by atoms with E-state index in [2.05, 4.69) is 20.8 Å². The largest absolute Gasteiger partial charge is 0.0654 e. The van der Waals surface area contributed by atoms with E-state index in [0.717, 1.165) is 11.3 Å². The molecule has 0 nitrogen and oxygen atoms in total. The Morgan fingerprint density at radius 1 is 1.14 bits per heavy atom. The van der Waals surface area contributed by atoms with Crippen molar-refractivity contribution in [1.82, 2.24) is 0 Å². The molecule has 0 aromatic carbocycles. The highest BCUT2D eigenvalue weighted by molar-refractivity contribution is 4.85. The summed E-state index contributed by atoms with van der Waals surface area (Å²) in [5.74, 6) is 0.949. The number of unbranched alkanes of at least 4 members (excludes halogenated alkanes) is 1. The molecule has 1 aliphatic carbocycles. The molecular weight excluding hydrogens is 168 g/mol. The zero-order valence-electron chi connectivity index (χ0n) is 10.4. The van der Waals surface area contributed by atoms with E-state index >= 15 is 0 Å². The van der Waals surface area contributed by atoms with Crippen molar-refractivity contribution in [2.45, 2.75) is 78.6 Å². The summed E-state index contributed by atoms with van der Waals surface area (Å²) in [6, 6.07) is 0. The summed E-state index contributed by atoms with van der Waals surface area (Å²) in [7, 11) is 0. The first kappa shape index (κ1) is 12.1. The third-order valence-corrected chi connectivity index (χ3v) is 4.20. The summed E-state index contributed by atoms with van der Waals surface area (Å²) < 4.78 is 0.